The lowest BCUT2D eigenvalue weighted by molar-refractivity contribution is 0.0692. The molecule has 8 nitrogen and oxygen atoms in total. The molecule has 1 amide bonds. The van der Waals surface area contributed by atoms with Crippen molar-refractivity contribution in [3.8, 4) is 0 Å². The highest BCUT2D eigenvalue weighted by molar-refractivity contribution is 7.92. The molecule has 3 rings (SSSR count). The largest absolute Gasteiger partial charge is 0.611 e. The summed E-state index contributed by atoms with van der Waals surface area (Å²) in [5, 5.41) is 2.74. The number of aryl methyl sites for hydroxylation is 2. The molecule has 1 N–H and O–H groups in total. The number of hydrogen-bond acceptors (Lipinski definition) is 7. The molecule has 10 heteroatoms. The first-order valence-corrected chi connectivity index (χ1v) is 15.8. The molecule has 214 valence electrons. The molecule has 0 saturated carbocycles. The van der Waals surface area contributed by atoms with Gasteiger partial charge in [-0.15, -0.1) is 0 Å². The number of Topliss-reactive ketones (excluding diaryl/α,β-unsaturated/α-hetero) is 1. The molecule has 0 heterocycles. The molecule has 0 saturated heterocycles. The predicted octanol–water partition coefficient (Wildman–Crippen LogP) is 3.78. The smallest absolute Gasteiger partial charge is 0.251 e. The van der Waals surface area contributed by atoms with Crippen molar-refractivity contribution < 1.29 is 32.0 Å². The van der Waals surface area contributed by atoms with E-state index in [1.165, 1.54) is 36.4 Å². The van der Waals surface area contributed by atoms with Gasteiger partial charge in [0.05, 0.1) is 36.4 Å². The van der Waals surface area contributed by atoms with E-state index in [0.717, 1.165) is 11.1 Å². The second-order valence-corrected chi connectivity index (χ2v) is 12.9. The quantitative estimate of drug-likeness (QED) is 0.164. The number of hydrogen-bond donors (Lipinski definition) is 1. The van der Waals surface area contributed by atoms with Gasteiger partial charge in [-0.1, -0.05) is 47.5 Å². The molecule has 2 atom stereocenters. The topological polar surface area (TPSA) is 122 Å². The second-order valence-electron chi connectivity index (χ2n) is 9.42. The highest BCUT2D eigenvalue weighted by Crippen LogP contribution is 2.23. The minimum Gasteiger partial charge on any atom is -0.611 e. The van der Waals surface area contributed by atoms with E-state index >= 15 is 0 Å². The standard InChI is InChI=1S/C30H35NO7S2/c1-22-4-12-27(13-5-22)39(34)20-26(21-40(35,36)28-14-6-23(2)7-15-28)29(32)24-8-10-25(11-9-24)30(33)31-16-17-38-19-18-37-3/h4-15,26H,16-21H2,1-3H3,(H,31,33). The van der Waals surface area contributed by atoms with Crippen LogP contribution in [0.1, 0.15) is 31.8 Å². The molecule has 40 heavy (non-hydrogen) atoms. The number of carbonyl (C=O) groups excluding carboxylic acids is 2. The van der Waals surface area contributed by atoms with Gasteiger partial charge in [0.15, 0.2) is 20.5 Å². The maximum absolute atomic E-state index is 13.6. The third kappa shape index (κ3) is 9.28. The first-order valence-electron chi connectivity index (χ1n) is 12.8. The van der Waals surface area contributed by atoms with Crippen molar-refractivity contribution >= 4 is 32.7 Å². The monoisotopic (exact) mass is 585 g/mol. The maximum atomic E-state index is 13.6. The number of rotatable bonds is 15. The van der Waals surface area contributed by atoms with E-state index in [0.29, 0.717) is 36.8 Å². The molecule has 0 bridgehead atoms. The van der Waals surface area contributed by atoms with Crippen LogP contribution in [0.4, 0.5) is 0 Å². The number of amides is 1. The van der Waals surface area contributed by atoms with E-state index in [-0.39, 0.29) is 22.1 Å². The van der Waals surface area contributed by atoms with Gasteiger partial charge in [-0.3, -0.25) is 9.59 Å². The summed E-state index contributed by atoms with van der Waals surface area (Å²) in [6.45, 7) is 5.31. The van der Waals surface area contributed by atoms with Crippen molar-refractivity contribution in [1.29, 1.82) is 0 Å². The first-order chi connectivity index (χ1) is 19.1. The number of ether oxygens (including phenoxy) is 2. The zero-order valence-corrected chi connectivity index (χ0v) is 24.6. The van der Waals surface area contributed by atoms with Crippen LogP contribution in [0.2, 0.25) is 0 Å². The fourth-order valence-electron chi connectivity index (χ4n) is 3.88. The van der Waals surface area contributed by atoms with Gasteiger partial charge < -0.3 is 19.3 Å². The molecule has 2 unspecified atom stereocenters. The summed E-state index contributed by atoms with van der Waals surface area (Å²) < 4.78 is 49.9. The number of ketones is 1. The Morgan fingerprint density at radius 1 is 0.850 bits per heavy atom. The zero-order valence-electron chi connectivity index (χ0n) is 22.9. The van der Waals surface area contributed by atoms with Crippen molar-refractivity contribution in [3.63, 3.8) is 0 Å². The summed E-state index contributed by atoms with van der Waals surface area (Å²) in [5.41, 5.74) is 2.50. The van der Waals surface area contributed by atoms with E-state index < -0.39 is 38.5 Å². The summed E-state index contributed by atoms with van der Waals surface area (Å²) in [7, 11) is -2.27. The molecule has 0 aliphatic carbocycles. The van der Waals surface area contributed by atoms with Crippen LogP contribution in [0.3, 0.4) is 0 Å². The number of methoxy groups -OCH3 is 1. The molecule has 0 radical (unpaired) electrons. The van der Waals surface area contributed by atoms with E-state index in [2.05, 4.69) is 5.32 Å². The lowest BCUT2D eigenvalue weighted by Crippen LogP contribution is -2.31. The van der Waals surface area contributed by atoms with Crippen molar-refractivity contribution in [2.24, 2.45) is 5.92 Å². The SMILES string of the molecule is COCCOCCNC(=O)c1ccc(C(=O)C(C[S+]([O-])c2ccc(C)cc2)CS(=O)(=O)c2ccc(C)cc2)cc1. The maximum Gasteiger partial charge on any atom is 0.251 e. The Morgan fingerprint density at radius 3 is 2.02 bits per heavy atom. The number of sulfone groups is 1. The van der Waals surface area contributed by atoms with Crippen LogP contribution in [-0.2, 0) is 30.5 Å². The van der Waals surface area contributed by atoms with E-state index in [4.69, 9.17) is 9.47 Å². The van der Waals surface area contributed by atoms with Crippen LogP contribution in [0.25, 0.3) is 0 Å². The van der Waals surface area contributed by atoms with Crippen LogP contribution in [-0.4, -0.2) is 69.6 Å². The molecule has 3 aromatic carbocycles. The minimum absolute atomic E-state index is 0.107. The summed E-state index contributed by atoms with van der Waals surface area (Å²) in [6.07, 6.45) is 0. The van der Waals surface area contributed by atoms with Crippen LogP contribution >= 0.6 is 0 Å². The van der Waals surface area contributed by atoms with Gasteiger partial charge in [0, 0.05) is 24.8 Å². The fraction of sp³-hybridized carbons (Fsp3) is 0.333. The second kappa shape index (κ2) is 15.1. The van der Waals surface area contributed by atoms with Crippen molar-refractivity contribution in [3.05, 3.63) is 95.1 Å². The summed E-state index contributed by atoms with van der Waals surface area (Å²) in [4.78, 5) is 26.7. The van der Waals surface area contributed by atoms with E-state index in [1.54, 1.807) is 31.4 Å². The van der Waals surface area contributed by atoms with Gasteiger partial charge in [0.2, 0.25) is 0 Å². The Balaban J connectivity index is 1.76. The summed E-state index contributed by atoms with van der Waals surface area (Å²) in [5.74, 6) is -2.48. The molecule has 0 spiro atoms. The minimum atomic E-state index is -3.84. The average Bonchev–Trinajstić information content (AvgIpc) is 2.94. The van der Waals surface area contributed by atoms with Gasteiger partial charge in [-0.05, 0) is 61.4 Å². The third-order valence-electron chi connectivity index (χ3n) is 6.20. The van der Waals surface area contributed by atoms with E-state index in [1.807, 2.05) is 26.0 Å². The lowest BCUT2D eigenvalue weighted by atomic mass is 9.99. The lowest BCUT2D eigenvalue weighted by Gasteiger charge is -2.19. The van der Waals surface area contributed by atoms with Gasteiger partial charge in [0.25, 0.3) is 5.91 Å². The Kier molecular flexibility index (Phi) is 11.9. The van der Waals surface area contributed by atoms with Crippen molar-refractivity contribution in [2.75, 3.05) is 45.0 Å². The van der Waals surface area contributed by atoms with E-state index in [9.17, 15) is 22.6 Å². The van der Waals surface area contributed by atoms with Crippen LogP contribution in [0.5, 0.6) is 0 Å². The highest BCUT2D eigenvalue weighted by atomic mass is 32.2. The average molecular weight is 586 g/mol. The predicted molar refractivity (Wildman–Crippen MR) is 155 cm³/mol. The molecule has 0 fully saturated rings. The first kappa shape index (κ1) is 31.5. The number of carbonyl (C=O) groups is 2. The van der Waals surface area contributed by atoms with Crippen LogP contribution in [0.15, 0.2) is 82.6 Å². The summed E-state index contributed by atoms with van der Waals surface area (Å²) in [6, 6.07) is 19.5. The third-order valence-corrected chi connectivity index (χ3v) is 9.54. The number of nitrogens with one attached hydrogen (secondary N) is 1. The van der Waals surface area contributed by atoms with Gasteiger partial charge >= 0.3 is 0 Å². The Hall–Kier alpha value is -3.02. The zero-order chi connectivity index (χ0) is 29.1. The normalized spacial score (nSPS) is 13.0. The van der Waals surface area contributed by atoms with Crippen LogP contribution in [0, 0.1) is 19.8 Å². The molecule has 3 aromatic rings. The highest BCUT2D eigenvalue weighted by Gasteiger charge is 2.32. The molecule has 0 aliphatic rings. The van der Waals surface area contributed by atoms with Crippen LogP contribution < -0.4 is 5.32 Å². The Labute approximate surface area is 239 Å². The van der Waals surface area contributed by atoms with Gasteiger partial charge in [-0.25, -0.2) is 8.42 Å². The Morgan fingerprint density at radius 2 is 1.43 bits per heavy atom. The fourth-order valence-corrected chi connectivity index (χ4v) is 6.84. The molecular formula is C30H35NO7S2. The van der Waals surface area contributed by atoms with Crippen molar-refractivity contribution in [2.45, 2.75) is 23.6 Å². The van der Waals surface area contributed by atoms with Gasteiger partial charge in [0.1, 0.15) is 5.75 Å². The summed E-state index contributed by atoms with van der Waals surface area (Å²) >= 11 is -1.60. The van der Waals surface area contributed by atoms with Crippen molar-refractivity contribution in [1.82, 2.24) is 5.32 Å². The van der Waals surface area contributed by atoms with Gasteiger partial charge in [-0.2, -0.15) is 0 Å². The Bertz CT molecular complexity index is 1360. The molecular weight excluding hydrogens is 550 g/mol. The molecule has 0 aliphatic heterocycles. The molecule has 0 aromatic heterocycles. The number of benzene rings is 3.